The molecule has 0 amide bonds. The van der Waals surface area contributed by atoms with Crippen LogP contribution in [-0.4, -0.2) is 14.4 Å². The maximum atomic E-state index is 6.08. The molecule has 0 aliphatic heterocycles. The molecule has 1 aliphatic rings. The first kappa shape index (κ1) is 11.0. The van der Waals surface area contributed by atoms with Gasteiger partial charge in [-0.25, -0.2) is 0 Å². The van der Waals surface area contributed by atoms with Gasteiger partial charge in [0.15, 0.2) is 8.32 Å². The number of rotatable bonds is 2. The van der Waals surface area contributed by atoms with Gasteiger partial charge in [-0.1, -0.05) is 26.8 Å². The van der Waals surface area contributed by atoms with Gasteiger partial charge in [-0.05, 0) is 37.0 Å². The molecule has 0 saturated heterocycles. The van der Waals surface area contributed by atoms with E-state index in [4.69, 9.17) is 4.43 Å². The lowest BCUT2D eigenvalue weighted by Crippen LogP contribution is -2.39. The molecule has 0 radical (unpaired) electrons. The number of hydrogen-bond donors (Lipinski definition) is 0. The molecule has 0 bridgehead atoms. The van der Waals surface area contributed by atoms with Crippen molar-refractivity contribution in [3.63, 3.8) is 0 Å². The van der Waals surface area contributed by atoms with E-state index in [1.165, 1.54) is 5.57 Å². The third-order valence-electron chi connectivity index (χ3n) is 2.26. The maximum absolute atomic E-state index is 6.08. The first-order valence-corrected chi connectivity index (χ1v) is 8.49. The minimum Gasteiger partial charge on any atom is -0.411 e. The topological polar surface area (TPSA) is 9.23 Å². The molecule has 76 valence electrons. The molecule has 0 aromatic heterocycles. The normalized spacial score (nSPS) is 23.8. The fourth-order valence-electron chi connectivity index (χ4n) is 1.66. The third-order valence-corrected chi connectivity index (χ3v) is 3.25. The molecule has 0 spiro atoms. The highest BCUT2D eigenvalue weighted by Gasteiger charge is 2.34. The zero-order valence-electron chi connectivity index (χ0n) is 9.77. The first-order chi connectivity index (χ1) is 5.70. The molecule has 0 aromatic rings. The summed E-state index contributed by atoms with van der Waals surface area (Å²) in [6.07, 6.45) is 3.87. The molecule has 1 rings (SSSR count). The van der Waals surface area contributed by atoms with Crippen molar-refractivity contribution in [2.75, 3.05) is 0 Å². The van der Waals surface area contributed by atoms with Crippen LogP contribution in [0.15, 0.2) is 11.6 Å². The Morgan fingerprint density at radius 3 is 2.08 bits per heavy atom. The molecule has 2 heteroatoms. The Labute approximate surface area is 83.3 Å². The van der Waals surface area contributed by atoms with Gasteiger partial charge in [-0.3, -0.25) is 0 Å². The van der Waals surface area contributed by atoms with E-state index < -0.39 is 8.32 Å². The Kier molecular flexibility index (Phi) is 2.75. The Balaban J connectivity index is 2.56. The van der Waals surface area contributed by atoms with Crippen molar-refractivity contribution in [3.8, 4) is 0 Å². The molecule has 0 fully saturated rings. The zero-order chi connectivity index (χ0) is 10.3. The minimum absolute atomic E-state index is 0.294. The standard InChI is InChI=1S/C11H22OSi/c1-11(2,3)9-7-8-10(9)12-13(4,5)6/h7,10H,8H2,1-6H3. The van der Waals surface area contributed by atoms with Gasteiger partial charge in [0.25, 0.3) is 0 Å². The van der Waals surface area contributed by atoms with Crippen LogP contribution in [0.25, 0.3) is 0 Å². The molecule has 0 heterocycles. The van der Waals surface area contributed by atoms with Gasteiger partial charge in [0, 0.05) is 0 Å². The molecule has 1 nitrogen and oxygen atoms in total. The molecular formula is C11H22OSi. The molecule has 0 saturated carbocycles. The lowest BCUT2D eigenvalue weighted by molar-refractivity contribution is 0.182. The Hall–Kier alpha value is -0.0831. The molecule has 0 aromatic carbocycles. The highest BCUT2D eigenvalue weighted by molar-refractivity contribution is 6.69. The fourth-order valence-corrected chi connectivity index (χ4v) is 2.74. The smallest absolute Gasteiger partial charge is 0.184 e. The van der Waals surface area contributed by atoms with Crippen LogP contribution in [0.2, 0.25) is 19.6 Å². The van der Waals surface area contributed by atoms with Crippen LogP contribution in [0.3, 0.4) is 0 Å². The number of hydrogen-bond acceptors (Lipinski definition) is 1. The molecule has 13 heavy (non-hydrogen) atoms. The van der Waals surface area contributed by atoms with E-state index in [2.05, 4.69) is 46.5 Å². The lowest BCUT2D eigenvalue weighted by Gasteiger charge is -2.39. The fraction of sp³-hybridized carbons (Fsp3) is 0.818. The maximum Gasteiger partial charge on any atom is 0.184 e. The average Bonchev–Trinajstić information content (AvgIpc) is 1.73. The zero-order valence-corrected chi connectivity index (χ0v) is 10.8. The Bertz CT molecular complexity index is 217. The van der Waals surface area contributed by atoms with Crippen molar-refractivity contribution in [1.82, 2.24) is 0 Å². The van der Waals surface area contributed by atoms with E-state index in [1.54, 1.807) is 0 Å². The van der Waals surface area contributed by atoms with Crippen molar-refractivity contribution >= 4 is 8.32 Å². The van der Waals surface area contributed by atoms with Crippen molar-refractivity contribution < 1.29 is 4.43 Å². The van der Waals surface area contributed by atoms with E-state index in [-0.39, 0.29) is 0 Å². The molecular weight excluding hydrogens is 176 g/mol. The highest BCUT2D eigenvalue weighted by Crippen LogP contribution is 2.38. The summed E-state index contributed by atoms with van der Waals surface area (Å²) in [5.41, 5.74) is 1.79. The van der Waals surface area contributed by atoms with Crippen molar-refractivity contribution in [2.24, 2.45) is 5.41 Å². The minimum atomic E-state index is -1.35. The molecule has 1 unspecified atom stereocenters. The molecule has 1 atom stereocenters. The first-order valence-electron chi connectivity index (χ1n) is 5.08. The summed E-state index contributed by atoms with van der Waals surface area (Å²) in [5.74, 6) is 0. The van der Waals surface area contributed by atoms with Crippen LogP contribution in [0.4, 0.5) is 0 Å². The van der Waals surface area contributed by atoms with Crippen molar-refractivity contribution in [2.45, 2.75) is 52.9 Å². The highest BCUT2D eigenvalue weighted by atomic mass is 28.4. The van der Waals surface area contributed by atoms with Gasteiger partial charge >= 0.3 is 0 Å². The third kappa shape index (κ3) is 2.95. The molecule has 1 aliphatic carbocycles. The van der Waals surface area contributed by atoms with Crippen LogP contribution in [0.1, 0.15) is 27.2 Å². The summed E-state index contributed by atoms with van der Waals surface area (Å²) in [7, 11) is -1.35. The van der Waals surface area contributed by atoms with E-state index in [1.807, 2.05) is 0 Å². The van der Waals surface area contributed by atoms with Crippen LogP contribution >= 0.6 is 0 Å². The van der Waals surface area contributed by atoms with Gasteiger partial charge in [0.2, 0.25) is 0 Å². The van der Waals surface area contributed by atoms with E-state index in [0.29, 0.717) is 11.5 Å². The predicted molar refractivity (Wildman–Crippen MR) is 60.4 cm³/mol. The monoisotopic (exact) mass is 198 g/mol. The SMILES string of the molecule is CC(C)(C)C1=CCC1O[Si](C)(C)C. The van der Waals surface area contributed by atoms with Crippen molar-refractivity contribution in [1.29, 1.82) is 0 Å². The quantitative estimate of drug-likeness (QED) is 0.487. The van der Waals surface area contributed by atoms with Gasteiger partial charge in [0.05, 0.1) is 6.10 Å². The van der Waals surface area contributed by atoms with Crippen LogP contribution in [0.5, 0.6) is 0 Å². The van der Waals surface area contributed by atoms with Crippen LogP contribution in [0, 0.1) is 5.41 Å². The summed E-state index contributed by atoms with van der Waals surface area (Å²) in [5, 5.41) is 0. The van der Waals surface area contributed by atoms with E-state index in [9.17, 15) is 0 Å². The van der Waals surface area contributed by atoms with Gasteiger partial charge < -0.3 is 4.43 Å². The Morgan fingerprint density at radius 2 is 1.85 bits per heavy atom. The predicted octanol–water partition coefficient (Wildman–Crippen LogP) is 3.58. The van der Waals surface area contributed by atoms with E-state index in [0.717, 1.165) is 6.42 Å². The second-order valence-corrected chi connectivity index (χ2v) is 10.3. The van der Waals surface area contributed by atoms with E-state index >= 15 is 0 Å². The van der Waals surface area contributed by atoms with Gasteiger partial charge in [-0.2, -0.15) is 0 Å². The summed E-state index contributed by atoms with van der Waals surface area (Å²) < 4.78 is 6.08. The summed E-state index contributed by atoms with van der Waals surface area (Å²) in [6, 6.07) is 0. The van der Waals surface area contributed by atoms with Crippen LogP contribution < -0.4 is 0 Å². The van der Waals surface area contributed by atoms with Gasteiger partial charge in [0.1, 0.15) is 0 Å². The largest absolute Gasteiger partial charge is 0.411 e. The molecule has 0 N–H and O–H groups in total. The second kappa shape index (κ2) is 3.25. The summed E-state index contributed by atoms with van der Waals surface area (Å²) in [4.78, 5) is 0. The van der Waals surface area contributed by atoms with Gasteiger partial charge in [-0.15, -0.1) is 0 Å². The lowest BCUT2D eigenvalue weighted by atomic mass is 9.76. The Morgan fingerprint density at radius 1 is 1.31 bits per heavy atom. The van der Waals surface area contributed by atoms with Crippen molar-refractivity contribution in [3.05, 3.63) is 11.6 Å². The summed E-state index contributed by atoms with van der Waals surface area (Å²) in [6.45, 7) is 13.6. The van der Waals surface area contributed by atoms with Crippen LogP contribution in [-0.2, 0) is 4.43 Å². The average molecular weight is 198 g/mol. The summed E-state index contributed by atoms with van der Waals surface area (Å²) >= 11 is 0. The second-order valence-electron chi connectivity index (χ2n) is 5.86.